The quantitative estimate of drug-likeness (QED) is 0.190. The first-order chi connectivity index (χ1) is 23.9. The lowest BCUT2D eigenvalue weighted by Crippen LogP contribution is -2.10. The first kappa shape index (κ1) is 28.0. The summed E-state index contributed by atoms with van der Waals surface area (Å²) < 4.78 is 11.4. The van der Waals surface area contributed by atoms with Gasteiger partial charge in [-0.05, 0) is 76.7 Å². The van der Waals surface area contributed by atoms with Crippen molar-refractivity contribution in [3.63, 3.8) is 0 Å². The van der Waals surface area contributed by atoms with Gasteiger partial charge in [-0.2, -0.15) is 0 Å². The zero-order chi connectivity index (χ0) is 32.9. The summed E-state index contributed by atoms with van der Waals surface area (Å²) in [6.07, 6.45) is 0. The van der Waals surface area contributed by atoms with Crippen molar-refractivity contribution in [3.05, 3.63) is 157 Å². The van der Waals surface area contributed by atoms with Crippen LogP contribution in [-0.4, -0.2) is 9.13 Å². The third-order valence-electron chi connectivity index (χ3n) is 10.3. The van der Waals surface area contributed by atoms with E-state index < -0.39 is 0 Å². The van der Waals surface area contributed by atoms with Gasteiger partial charge in [-0.3, -0.25) is 0 Å². The van der Waals surface area contributed by atoms with E-state index in [0.29, 0.717) is 0 Å². The molecule has 0 unspecified atom stereocenters. The molecule has 0 saturated heterocycles. The van der Waals surface area contributed by atoms with Crippen molar-refractivity contribution in [1.82, 2.24) is 9.13 Å². The van der Waals surface area contributed by atoms with Crippen molar-refractivity contribution >= 4 is 65.6 Å². The highest BCUT2D eigenvalue weighted by molar-refractivity contribution is 6.21. The third-order valence-corrected chi connectivity index (χ3v) is 10.3. The normalized spacial score (nSPS) is 12.4. The minimum atomic E-state index is 0.139. The van der Waals surface area contributed by atoms with Gasteiger partial charge in [0.2, 0.25) is 0 Å². The summed E-state index contributed by atoms with van der Waals surface area (Å²) in [7, 11) is 0. The monoisotopic (exact) mass is 630 g/mol. The van der Waals surface area contributed by atoms with Gasteiger partial charge in [-0.15, -0.1) is 0 Å². The average Bonchev–Trinajstić information content (AvgIpc) is 3.79. The van der Waals surface area contributed by atoms with E-state index in [-0.39, 0.29) is 5.41 Å². The molecule has 49 heavy (non-hydrogen) atoms. The molecule has 3 heteroatoms. The van der Waals surface area contributed by atoms with E-state index in [1.165, 1.54) is 54.8 Å². The lowest BCUT2D eigenvalue weighted by molar-refractivity contribution is 0.590. The predicted molar refractivity (Wildman–Crippen MR) is 207 cm³/mol. The fourth-order valence-corrected chi connectivity index (χ4v) is 7.84. The molecule has 0 N–H and O–H groups in total. The molecule has 234 valence electrons. The molecule has 10 aromatic rings. The molecule has 0 spiro atoms. The minimum absolute atomic E-state index is 0.139. The molecule has 3 aromatic heterocycles. The maximum atomic E-state index is 6.61. The Kier molecular flexibility index (Phi) is 5.84. The number of hydrogen-bond acceptors (Lipinski definition) is 1. The first-order valence-corrected chi connectivity index (χ1v) is 17.0. The van der Waals surface area contributed by atoms with Crippen molar-refractivity contribution < 1.29 is 4.42 Å². The van der Waals surface area contributed by atoms with E-state index in [4.69, 9.17) is 4.42 Å². The van der Waals surface area contributed by atoms with Crippen LogP contribution in [-0.2, 0) is 5.41 Å². The molecule has 7 aromatic carbocycles. The maximum absolute atomic E-state index is 6.61. The van der Waals surface area contributed by atoms with E-state index in [1.807, 2.05) is 6.07 Å². The second-order valence-corrected chi connectivity index (χ2v) is 14.2. The van der Waals surface area contributed by atoms with Gasteiger partial charge in [-0.25, -0.2) is 0 Å². The van der Waals surface area contributed by atoms with E-state index >= 15 is 0 Å². The van der Waals surface area contributed by atoms with E-state index in [2.05, 4.69) is 175 Å². The van der Waals surface area contributed by atoms with E-state index in [1.54, 1.807) is 0 Å². The smallest absolute Gasteiger partial charge is 0.160 e. The van der Waals surface area contributed by atoms with Crippen LogP contribution in [0.2, 0.25) is 0 Å². The van der Waals surface area contributed by atoms with Gasteiger partial charge >= 0.3 is 0 Å². The number of furan rings is 1. The zero-order valence-corrected chi connectivity index (χ0v) is 27.7. The Hall–Kier alpha value is -6.06. The summed E-state index contributed by atoms with van der Waals surface area (Å²) in [4.78, 5) is 0. The standard InChI is InChI=1S/C46H34N2O/c1-46(2,3)31-20-16-29(17-21-31)30-18-22-32(23-19-30)47-40-13-7-5-11-35(40)39-28-33(24-27-42(39)47)48-41-14-8-4-10-34(41)37-25-26-38-36-12-6-9-15-43(36)49-45(38)44(37)48/h4-28H,1-3H3. The lowest BCUT2D eigenvalue weighted by Gasteiger charge is -2.19. The predicted octanol–water partition coefficient (Wildman–Crippen LogP) is 12.7. The van der Waals surface area contributed by atoms with Crippen LogP contribution in [0.1, 0.15) is 26.3 Å². The molecule has 0 amide bonds. The van der Waals surface area contributed by atoms with Crippen LogP contribution in [0, 0.1) is 0 Å². The Morgan fingerprint density at radius 1 is 0.429 bits per heavy atom. The summed E-state index contributed by atoms with van der Waals surface area (Å²) >= 11 is 0. The fraction of sp³-hybridized carbons (Fsp3) is 0.0870. The molecule has 0 saturated carbocycles. The highest BCUT2D eigenvalue weighted by atomic mass is 16.3. The van der Waals surface area contributed by atoms with Gasteiger partial charge in [0.05, 0.1) is 22.1 Å². The third kappa shape index (κ3) is 4.15. The van der Waals surface area contributed by atoms with Gasteiger partial charge in [0.1, 0.15) is 5.58 Å². The van der Waals surface area contributed by atoms with Gasteiger partial charge in [-0.1, -0.05) is 118 Å². The molecule has 0 atom stereocenters. The molecule has 0 aliphatic rings. The summed E-state index contributed by atoms with van der Waals surface area (Å²) in [5.74, 6) is 0. The summed E-state index contributed by atoms with van der Waals surface area (Å²) in [6, 6.07) is 55.1. The van der Waals surface area contributed by atoms with Crippen LogP contribution in [0.25, 0.3) is 88.1 Å². The van der Waals surface area contributed by atoms with Crippen LogP contribution in [0.4, 0.5) is 0 Å². The molecular weight excluding hydrogens is 597 g/mol. The van der Waals surface area contributed by atoms with Crippen molar-refractivity contribution in [2.45, 2.75) is 26.2 Å². The Morgan fingerprint density at radius 3 is 1.69 bits per heavy atom. The molecule has 3 heterocycles. The zero-order valence-electron chi connectivity index (χ0n) is 27.7. The van der Waals surface area contributed by atoms with Crippen molar-refractivity contribution in [3.8, 4) is 22.5 Å². The lowest BCUT2D eigenvalue weighted by atomic mass is 9.86. The van der Waals surface area contributed by atoms with Crippen LogP contribution >= 0.6 is 0 Å². The second-order valence-electron chi connectivity index (χ2n) is 14.2. The number of fused-ring (bicyclic) bond motifs is 10. The number of benzene rings is 7. The fourth-order valence-electron chi connectivity index (χ4n) is 7.84. The maximum Gasteiger partial charge on any atom is 0.160 e. The van der Waals surface area contributed by atoms with Crippen LogP contribution < -0.4 is 0 Å². The Morgan fingerprint density at radius 2 is 0.980 bits per heavy atom. The largest absolute Gasteiger partial charge is 0.454 e. The number of nitrogens with zero attached hydrogens (tertiary/aromatic N) is 2. The molecular formula is C46H34N2O. The molecule has 0 aliphatic heterocycles. The first-order valence-electron chi connectivity index (χ1n) is 17.0. The second kappa shape index (κ2) is 10.2. The Labute approximate surface area is 284 Å². The highest BCUT2D eigenvalue weighted by Gasteiger charge is 2.20. The average molecular weight is 631 g/mol. The SMILES string of the molecule is CC(C)(C)c1ccc(-c2ccc(-n3c4ccccc4c4cc(-n5c6ccccc6c6ccc7c8ccccc8oc7c65)ccc43)cc2)cc1. The minimum Gasteiger partial charge on any atom is -0.454 e. The summed E-state index contributed by atoms with van der Waals surface area (Å²) in [6.45, 7) is 6.77. The molecule has 0 aliphatic carbocycles. The number of hydrogen-bond donors (Lipinski definition) is 0. The van der Waals surface area contributed by atoms with Crippen molar-refractivity contribution in [1.29, 1.82) is 0 Å². The molecule has 0 fully saturated rings. The topological polar surface area (TPSA) is 23.0 Å². The Bertz CT molecular complexity index is 2890. The van der Waals surface area contributed by atoms with E-state index in [9.17, 15) is 0 Å². The summed E-state index contributed by atoms with van der Waals surface area (Å²) in [5.41, 5.74) is 12.7. The Balaban J connectivity index is 1.17. The molecule has 0 bridgehead atoms. The van der Waals surface area contributed by atoms with Gasteiger partial charge in [0.15, 0.2) is 5.58 Å². The number of rotatable bonds is 3. The van der Waals surface area contributed by atoms with Crippen LogP contribution in [0.5, 0.6) is 0 Å². The number of para-hydroxylation sites is 3. The molecule has 3 nitrogen and oxygen atoms in total. The number of aromatic nitrogens is 2. The van der Waals surface area contributed by atoms with Crippen LogP contribution in [0.15, 0.2) is 156 Å². The molecule has 10 rings (SSSR count). The van der Waals surface area contributed by atoms with Gasteiger partial charge in [0.25, 0.3) is 0 Å². The van der Waals surface area contributed by atoms with E-state index in [0.717, 1.165) is 38.8 Å². The highest BCUT2D eigenvalue weighted by Crippen LogP contribution is 2.41. The molecule has 0 radical (unpaired) electrons. The van der Waals surface area contributed by atoms with Crippen LogP contribution in [0.3, 0.4) is 0 Å². The van der Waals surface area contributed by atoms with Gasteiger partial charge in [0, 0.05) is 43.7 Å². The van der Waals surface area contributed by atoms with Crippen molar-refractivity contribution in [2.75, 3.05) is 0 Å². The summed E-state index contributed by atoms with van der Waals surface area (Å²) in [5, 5.41) is 7.14. The van der Waals surface area contributed by atoms with Gasteiger partial charge < -0.3 is 13.6 Å². The van der Waals surface area contributed by atoms with Crippen molar-refractivity contribution in [2.24, 2.45) is 0 Å².